The number of thioether (sulfide) groups is 1. The number of ether oxygens (including phenoxy) is 1. The largest absolute Gasteiger partial charge is 0.496 e. The smallest absolute Gasteiger partial charge is 0.209 e. The summed E-state index contributed by atoms with van der Waals surface area (Å²) in [6, 6.07) is 13.6. The maximum Gasteiger partial charge on any atom is 0.209 e. The average molecular weight is 411 g/mol. The number of benzene rings is 2. The fourth-order valence-electron chi connectivity index (χ4n) is 2.07. The van der Waals surface area contributed by atoms with Crippen LogP contribution in [0.25, 0.3) is 11.4 Å². The third-order valence-electron chi connectivity index (χ3n) is 3.14. The number of nitrogens with one attached hydrogen (secondary N) is 1. The number of aromatic nitrogens is 3. The molecule has 0 saturated carbocycles. The summed E-state index contributed by atoms with van der Waals surface area (Å²) in [7, 11) is 1.62. The quantitative estimate of drug-likeness (QED) is 0.588. The molecule has 0 saturated heterocycles. The van der Waals surface area contributed by atoms with Gasteiger partial charge in [0, 0.05) is 15.2 Å². The molecule has 0 bridgehead atoms. The van der Waals surface area contributed by atoms with E-state index in [4.69, 9.17) is 16.3 Å². The molecule has 118 valence electrons. The lowest BCUT2D eigenvalue weighted by Gasteiger charge is -2.05. The first kappa shape index (κ1) is 16.4. The first-order chi connectivity index (χ1) is 11.2. The molecule has 0 spiro atoms. The Morgan fingerprint density at radius 3 is 2.91 bits per heavy atom. The number of hydrogen-bond acceptors (Lipinski definition) is 4. The minimum Gasteiger partial charge on any atom is -0.496 e. The molecule has 1 aromatic heterocycles. The summed E-state index contributed by atoms with van der Waals surface area (Å²) in [5.74, 6) is 2.14. The molecule has 23 heavy (non-hydrogen) atoms. The normalized spacial score (nSPS) is 10.7. The fourth-order valence-corrected chi connectivity index (χ4v) is 3.43. The monoisotopic (exact) mass is 409 g/mol. The molecule has 3 aromatic rings. The highest BCUT2D eigenvalue weighted by atomic mass is 79.9. The van der Waals surface area contributed by atoms with Gasteiger partial charge in [0.2, 0.25) is 5.16 Å². The molecule has 0 aliphatic rings. The molecule has 0 radical (unpaired) electrons. The lowest BCUT2D eigenvalue weighted by atomic mass is 10.2. The molecule has 4 nitrogen and oxygen atoms in total. The lowest BCUT2D eigenvalue weighted by Crippen LogP contribution is -1.89. The van der Waals surface area contributed by atoms with Crippen LogP contribution >= 0.6 is 39.3 Å². The van der Waals surface area contributed by atoms with E-state index in [0.29, 0.717) is 21.8 Å². The molecule has 0 fully saturated rings. The summed E-state index contributed by atoms with van der Waals surface area (Å²) in [5, 5.41) is 8.50. The van der Waals surface area contributed by atoms with Gasteiger partial charge in [-0.2, -0.15) is 0 Å². The Labute approximate surface area is 151 Å². The molecule has 0 aliphatic carbocycles. The van der Waals surface area contributed by atoms with E-state index in [0.717, 1.165) is 15.8 Å². The van der Waals surface area contributed by atoms with Gasteiger partial charge in [0.15, 0.2) is 5.82 Å². The summed E-state index contributed by atoms with van der Waals surface area (Å²) in [5.41, 5.74) is 2.00. The number of hydrogen-bond donors (Lipinski definition) is 1. The predicted octanol–water partition coefficient (Wildman–Crippen LogP) is 5.19. The molecular weight excluding hydrogens is 398 g/mol. The minimum absolute atomic E-state index is 0.625. The van der Waals surface area contributed by atoms with Crippen LogP contribution in [0.3, 0.4) is 0 Å². The molecule has 0 unspecified atom stereocenters. The van der Waals surface area contributed by atoms with Crippen LogP contribution in [0.4, 0.5) is 0 Å². The van der Waals surface area contributed by atoms with E-state index in [1.807, 2.05) is 24.3 Å². The zero-order chi connectivity index (χ0) is 16.2. The van der Waals surface area contributed by atoms with E-state index in [1.165, 1.54) is 5.56 Å². The topological polar surface area (TPSA) is 50.8 Å². The molecule has 7 heteroatoms. The summed E-state index contributed by atoms with van der Waals surface area (Å²) in [6.07, 6.45) is 0. The zero-order valence-corrected chi connectivity index (χ0v) is 15.4. The van der Waals surface area contributed by atoms with Gasteiger partial charge in [0.05, 0.1) is 12.7 Å². The van der Waals surface area contributed by atoms with Gasteiger partial charge in [-0.05, 0) is 35.9 Å². The van der Waals surface area contributed by atoms with Crippen LogP contribution in [-0.2, 0) is 5.75 Å². The van der Waals surface area contributed by atoms with Crippen molar-refractivity contribution >= 4 is 39.3 Å². The Balaban J connectivity index is 1.77. The van der Waals surface area contributed by atoms with Crippen molar-refractivity contribution in [3.8, 4) is 17.1 Å². The maximum atomic E-state index is 6.06. The number of H-pyrrole nitrogens is 1. The Bertz CT molecular complexity index is 825. The predicted molar refractivity (Wildman–Crippen MR) is 97.1 cm³/mol. The minimum atomic E-state index is 0.625. The third-order valence-corrected chi connectivity index (χ3v) is 4.79. The van der Waals surface area contributed by atoms with Crippen LogP contribution < -0.4 is 4.74 Å². The zero-order valence-electron chi connectivity index (χ0n) is 12.2. The summed E-state index contributed by atoms with van der Waals surface area (Å²) < 4.78 is 6.41. The van der Waals surface area contributed by atoms with Gasteiger partial charge in [-0.15, -0.1) is 5.10 Å². The van der Waals surface area contributed by atoms with Crippen LogP contribution in [0.5, 0.6) is 5.75 Å². The molecular formula is C16H13BrClN3OS. The second-order valence-electron chi connectivity index (χ2n) is 4.73. The highest BCUT2D eigenvalue weighted by Crippen LogP contribution is 2.31. The van der Waals surface area contributed by atoms with Crippen molar-refractivity contribution in [3.63, 3.8) is 0 Å². The van der Waals surface area contributed by atoms with Crippen molar-refractivity contribution in [1.29, 1.82) is 0 Å². The van der Waals surface area contributed by atoms with E-state index in [2.05, 4.69) is 43.2 Å². The van der Waals surface area contributed by atoms with Gasteiger partial charge < -0.3 is 4.74 Å². The highest BCUT2D eigenvalue weighted by molar-refractivity contribution is 9.10. The Hall–Kier alpha value is -1.50. The van der Waals surface area contributed by atoms with Gasteiger partial charge >= 0.3 is 0 Å². The molecule has 0 atom stereocenters. The highest BCUT2D eigenvalue weighted by Gasteiger charge is 2.12. The van der Waals surface area contributed by atoms with E-state index < -0.39 is 0 Å². The van der Waals surface area contributed by atoms with Crippen LogP contribution in [0.2, 0.25) is 5.02 Å². The van der Waals surface area contributed by atoms with Crippen molar-refractivity contribution in [2.24, 2.45) is 0 Å². The third kappa shape index (κ3) is 4.07. The van der Waals surface area contributed by atoms with Crippen LogP contribution in [0, 0.1) is 0 Å². The van der Waals surface area contributed by atoms with E-state index >= 15 is 0 Å². The average Bonchev–Trinajstić information content (AvgIpc) is 3.02. The second-order valence-corrected chi connectivity index (χ2v) is 7.02. The number of rotatable bonds is 5. The van der Waals surface area contributed by atoms with Crippen molar-refractivity contribution < 1.29 is 4.74 Å². The second kappa shape index (κ2) is 7.38. The summed E-state index contributed by atoms with van der Waals surface area (Å²) in [6.45, 7) is 0. The first-order valence-corrected chi connectivity index (χ1v) is 8.95. The fraction of sp³-hybridized carbons (Fsp3) is 0.125. The SMILES string of the molecule is COc1ccc(Cl)cc1-c1nc(SCc2cccc(Br)c2)n[nH]1. The molecule has 0 aliphatic heterocycles. The Kier molecular flexibility index (Phi) is 5.25. The van der Waals surface area contributed by atoms with Crippen molar-refractivity contribution in [1.82, 2.24) is 15.2 Å². The van der Waals surface area contributed by atoms with Gasteiger partial charge in [0.25, 0.3) is 0 Å². The van der Waals surface area contributed by atoms with Crippen LogP contribution in [-0.4, -0.2) is 22.3 Å². The van der Waals surface area contributed by atoms with Gasteiger partial charge in [0.1, 0.15) is 5.75 Å². The van der Waals surface area contributed by atoms with Gasteiger partial charge in [-0.1, -0.05) is 51.4 Å². The van der Waals surface area contributed by atoms with Crippen molar-refractivity contribution in [3.05, 3.63) is 57.5 Å². The van der Waals surface area contributed by atoms with Crippen LogP contribution in [0.15, 0.2) is 52.1 Å². The molecule has 1 N–H and O–H groups in total. The van der Waals surface area contributed by atoms with E-state index in [1.54, 1.807) is 24.9 Å². The molecule has 0 amide bonds. The summed E-state index contributed by atoms with van der Waals surface area (Å²) in [4.78, 5) is 4.51. The van der Waals surface area contributed by atoms with Crippen molar-refractivity contribution in [2.45, 2.75) is 10.9 Å². The molecule has 3 rings (SSSR count). The standard InChI is InChI=1S/C16H13BrClN3OS/c1-22-14-6-5-12(18)8-13(14)15-19-16(21-20-15)23-9-10-3-2-4-11(17)7-10/h2-8H,9H2,1H3,(H,19,20,21). The lowest BCUT2D eigenvalue weighted by molar-refractivity contribution is 0.416. The number of methoxy groups -OCH3 is 1. The molecule has 1 heterocycles. The molecule has 2 aromatic carbocycles. The Morgan fingerprint density at radius 2 is 2.13 bits per heavy atom. The van der Waals surface area contributed by atoms with E-state index in [-0.39, 0.29) is 0 Å². The maximum absolute atomic E-state index is 6.06. The van der Waals surface area contributed by atoms with Gasteiger partial charge in [-0.3, -0.25) is 5.10 Å². The number of aromatic amines is 1. The van der Waals surface area contributed by atoms with Crippen LogP contribution in [0.1, 0.15) is 5.56 Å². The van der Waals surface area contributed by atoms with E-state index in [9.17, 15) is 0 Å². The van der Waals surface area contributed by atoms with Crippen molar-refractivity contribution in [2.75, 3.05) is 7.11 Å². The van der Waals surface area contributed by atoms with Gasteiger partial charge in [-0.25, -0.2) is 4.98 Å². The number of halogens is 2. The summed E-state index contributed by atoms with van der Waals surface area (Å²) >= 11 is 11.1. The Morgan fingerprint density at radius 1 is 1.26 bits per heavy atom. The number of nitrogens with zero attached hydrogens (tertiary/aromatic N) is 2. The first-order valence-electron chi connectivity index (χ1n) is 6.79.